The van der Waals surface area contributed by atoms with Crippen molar-refractivity contribution in [2.75, 3.05) is 57.7 Å². The average Bonchev–Trinajstić information content (AvgIpc) is 2.69. The third-order valence-electron chi connectivity index (χ3n) is 4.79. The Morgan fingerprint density at radius 1 is 1.04 bits per heavy atom. The molecule has 0 saturated carbocycles. The number of benzene rings is 1. The molecule has 0 bridgehead atoms. The van der Waals surface area contributed by atoms with E-state index < -0.39 is 0 Å². The minimum Gasteiger partial charge on any atom is -0.352 e. The summed E-state index contributed by atoms with van der Waals surface area (Å²) >= 11 is 0. The lowest BCUT2D eigenvalue weighted by molar-refractivity contribution is -0.117. The lowest BCUT2D eigenvalue weighted by atomic mass is 10.2. The maximum absolute atomic E-state index is 12.4. The number of urea groups is 1. The van der Waals surface area contributed by atoms with E-state index in [0.29, 0.717) is 57.1 Å². The van der Waals surface area contributed by atoms with Crippen molar-refractivity contribution < 1.29 is 14.4 Å². The Bertz CT molecular complexity index is 682. The molecule has 2 rings (SSSR count). The third kappa shape index (κ3) is 5.95. The number of hydrogen-bond donors (Lipinski definition) is 2. The molecule has 1 fully saturated rings. The molecule has 4 amide bonds. The van der Waals surface area contributed by atoms with Crippen molar-refractivity contribution in [3.63, 3.8) is 0 Å². The summed E-state index contributed by atoms with van der Waals surface area (Å²) in [5.74, 6) is -0.288. The van der Waals surface area contributed by atoms with Crippen LogP contribution in [-0.2, 0) is 4.79 Å². The molecular formula is C20H31N5O3. The van der Waals surface area contributed by atoms with Crippen molar-refractivity contribution in [1.82, 2.24) is 20.0 Å². The molecule has 0 atom stereocenters. The Morgan fingerprint density at radius 3 is 2.32 bits per heavy atom. The summed E-state index contributed by atoms with van der Waals surface area (Å²) in [4.78, 5) is 42.3. The molecule has 0 radical (unpaired) electrons. The van der Waals surface area contributed by atoms with Crippen LogP contribution in [0.1, 0.15) is 31.1 Å². The first-order valence-corrected chi connectivity index (χ1v) is 9.92. The van der Waals surface area contributed by atoms with Crippen LogP contribution < -0.4 is 10.6 Å². The van der Waals surface area contributed by atoms with Gasteiger partial charge in [0.1, 0.15) is 0 Å². The molecule has 1 aliphatic rings. The molecular weight excluding hydrogens is 358 g/mol. The van der Waals surface area contributed by atoms with E-state index in [-0.39, 0.29) is 24.4 Å². The molecule has 0 unspecified atom stereocenters. The number of amides is 4. The largest absolute Gasteiger partial charge is 0.352 e. The fourth-order valence-electron chi connectivity index (χ4n) is 3.20. The van der Waals surface area contributed by atoms with E-state index in [1.54, 1.807) is 24.3 Å². The molecule has 28 heavy (non-hydrogen) atoms. The van der Waals surface area contributed by atoms with Gasteiger partial charge < -0.3 is 20.4 Å². The summed E-state index contributed by atoms with van der Waals surface area (Å²) in [5, 5.41) is 5.59. The van der Waals surface area contributed by atoms with Crippen LogP contribution in [0, 0.1) is 0 Å². The number of carbonyl (C=O) groups is 3. The molecule has 154 valence electrons. The number of piperazine rings is 1. The molecule has 1 saturated heterocycles. The topological polar surface area (TPSA) is 85.0 Å². The summed E-state index contributed by atoms with van der Waals surface area (Å²) in [7, 11) is 0. The van der Waals surface area contributed by atoms with E-state index in [1.807, 2.05) is 35.5 Å². The smallest absolute Gasteiger partial charge is 0.320 e. The van der Waals surface area contributed by atoms with E-state index in [9.17, 15) is 14.4 Å². The van der Waals surface area contributed by atoms with E-state index in [4.69, 9.17) is 0 Å². The normalized spacial score (nSPS) is 14.5. The predicted octanol–water partition coefficient (Wildman–Crippen LogP) is 1.45. The number of nitrogens with one attached hydrogen (secondary N) is 2. The van der Waals surface area contributed by atoms with Gasteiger partial charge in [-0.2, -0.15) is 0 Å². The van der Waals surface area contributed by atoms with Crippen LogP contribution in [-0.4, -0.2) is 84.9 Å². The van der Waals surface area contributed by atoms with Crippen LogP contribution in [0.4, 0.5) is 10.5 Å². The monoisotopic (exact) mass is 389 g/mol. The van der Waals surface area contributed by atoms with E-state index in [0.717, 1.165) is 0 Å². The third-order valence-corrected chi connectivity index (χ3v) is 4.79. The van der Waals surface area contributed by atoms with E-state index in [2.05, 4.69) is 10.6 Å². The van der Waals surface area contributed by atoms with Crippen LogP contribution in [0.25, 0.3) is 0 Å². The molecule has 1 heterocycles. The van der Waals surface area contributed by atoms with Crippen LogP contribution in [0.5, 0.6) is 0 Å². The second kappa shape index (κ2) is 10.7. The minimum atomic E-state index is -0.160. The fraction of sp³-hybridized carbons (Fsp3) is 0.550. The van der Waals surface area contributed by atoms with Gasteiger partial charge >= 0.3 is 6.03 Å². The van der Waals surface area contributed by atoms with Gasteiger partial charge in [-0.05, 0) is 39.0 Å². The molecule has 1 aromatic rings. The quantitative estimate of drug-likeness (QED) is 0.739. The van der Waals surface area contributed by atoms with Crippen molar-refractivity contribution >= 4 is 23.5 Å². The molecule has 8 nitrogen and oxygen atoms in total. The summed E-state index contributed by atoms with van der Waals surface area (Å²) in [5.41, 5.74) is 1.12. The van der Waals surface area contributed by atoms with Crippen LogP contribution in [0.15, 0.2) is 24.3 Å². The lowest BCUT2D eigenvalue weighted by Crippen LogP contribution is -2.53. The number of hydrogen-bond acceptors (Lipinski definition) is 4. The Hall–Kier alpha value is -2.61. The summed E-state index contributed by atoms with van der Waals surface area (Å²) in [6, 6.07) is 6.96. The Morgan fingerprint density at radius 2 is 1.71 bits per heavy atom. The number of anilines is 1. The highest BCUT2D eigenvalue weighted by Crippen LogP contribution is 2.11. The van der Waals surface area contributed by atoms with Crippen LogP contribution >= 0.6 is 0 Å². The molecule has 1 aliphatic heterocycles. The first kappa shape index (κ1) is 21.7. The maximum atomic E-state index is 12.4. The predicted molar refractivity (Wildman–Crippen MR) is 109 cm³/mol. The summed E-state index contributed by atoms with van der Waals surface area (Å²) in [6.07, 6.45) is 0. The first-order chi connectivity index (χ1) is 13.5. The molecule has 0 aromatic heterocycles. The van der Waals surface area contributed by atoms with Crippen molar-refractivity contribution in [2.24, 2.45) is 0 Å². The zero-order chi connectivity index (χ0) is 20.5. The van der Waals surface area contributed by atoms with Crippen LogP contribution in [0.2, 0.25) is 0 Å². The standard InChI is InChI=1S/C20H31N5O3/c1-4-21-19(27)16-8-7-9-17(14-16)22-18(26)15-23-10-12-25(13-11-23)20(28)24(5-2)6-3/h7-9,14H,4-6,10-13,15H2,1-3H3,(H,21,27)(H,22,26). The zero-order valence-corrected chi connectivity index (χ0v) is 17.0. The summed E-state index contributed by atoms with van der Waals surface area (Å²) in [6.45, 7) is 10.6. The van der Waals surface area contributed by atoms with Gasteiger partial charge in [-0.25, -0.2) is 4.79 Å². The van der Waals surface area contributed by atoms with Crippen LogP contribution in [0.3, 0.4) is 0 Å². The Labute approximate surface area is 166 Å². The minimum absolute atomic E-state index is 0.0660. The first-order valence-electron chi connectivity index (χ1n) is 9.92. The molecule has 1 aromatic carbocycles. The highest BCUT2D eigenvalue weighted by molar-refractivity contribution is 5.97. The second-order valence-corrected chi connectivity index (χ2v) is 6.71. The highest BCUT2D eigenvalue weighted by atomic mass is 16.2. The van der Waals surface area contributed by atoms with Gasteiger partial charge in [-0.15, -0.1) is 0 Å². The molecule has 0 spiro atoms. The van der Waals surface area contributed by atoms with Crippen molar-refractivity contribution in [3.05, 3.63) is 29.8 Å². The maximum Gasteiger partial charge on any atom is 0.320 e. The van der Waals surface area contributed by atoms with Crippen molar-refractivity contribution in [3.8, 4) is 0 Å². The number of carbonyl (C=O) groups excluding carboxylic acids is 3. The van der Waals surface area contributed by atoms with Gasteiger partial charge in [0, 0.05) is 57.1 Å². The average molecular weight is 390 g/mol. The van der Waals surface area contributed by atoms with E-state index >= 15 is 0 Å². The Kier molecular flexibility index (Phi) is 8.25. The summed E-state index contributed by atoms with van der Waals surface area (Å²) < 4.78 is 0. The van der Waals surface area contributed by atoms with Gasteiger partial charge in [0.05, 0.1) is 6.54 Å². The van der Waals surface area contributed by atoms with Gasteiger partial charge in [-0.3, -0.25) is 14.5 Å². The van der Waals surface area contributed by atoms with Crippen molar-refractivity contribution in [2.45, 2.75) is 20.8 Å². The SMILES string of the molecule is CCNC(=O)c1cccc(NC(=O)CN2CCN(C(=O)N(CC)CC)CC2)c1. The van der Waals surface area contributed by atoms with Gasteiger partial charge in [0.2, 0.25) is 5.91 Å². The number of rotatable bonds is 7. The fourth-order valence-corrected chi connectivity index (χ4v) is 3.20. The van der Waals surface area contributed by atoms with E-state index in [1.165, 1.54) is 0 Å². The number of nitrogens with zero attached hydrogens (tertiary/aromatic N) is 3. The second-order valence-electron chi connectivity index (χ2n) is 6.71. The van der Waals surface area contributed by atoms with Gasteiger partial charge in [0.25, 0.3) is 5.91 Å². The molecule has 0 aliphatic carbocycles. The zero-order valence-electron chi connectivity index (χ0n) is 17.0. The lowest BCUT2D eigenvalue weighted by Gasteiger charge is -2.36. The highest BCUT2D eigenvalue weighted by Gasteiger charge is 2.24. The molecule has 8 heteroatoms. The molecule has 2 N–H and O–H groups in total. The Balaban J connectivity index is 1.83. The van der Waals surface area contributed by atoms with Crippen molar-refractivity contribution in [1.29, 1.82) is 0 Å². The van der Waals surface area contributed by atoms with Gasteiger partial charge in [-0.1, -0.05) is 6.07 Å². The van der Waals surface area contributed by atoms with Gasteiger partial charge in [0.15, 0.2) is 0 Å².